The van der Waals surface area contributed by atoms with Crippen LogP contribution < -0.4 is 5.32 Å². The van der Waals surface area contributed by atoms with Crippen LogP contribution in [0, 0.1) is 17.8 Å². The van der Waals surface area contributed by atoms with Crippen molar-refractivity contribution in [1.82, 2.24) is 5.32 Å². The Hall–Kier alpha value is 0.100. The SMILES string of the molecule is CC(C)CNCC(CCSC(F)(F)F)CC(C)C. The fraction of sp³-hybridized carbons (Fsp3) is 1.00. The molecule has 110 valence electrons. The van der Waals surface area contributed by atoms with Gasteiger partial charge in [0, 0.05) is 5.75 Å². The van der Waals surface area contributed by atoms with Gasteiger partial charge in [-0.3, -0.25) is 0 Å². The molecule has 18 heavy (non-hydrogen) atoms. The first kappa shape index (κ1) is 18.1. The lowest BCUT2D eigenvalue weighted by Gasteiger charge is -2.20. The highest BCUT2D eigenvalue weighted by molar-refractivity contribution is 8.00. The van der Waals surface area contributed by atoms with Crippen molar-refractivity contribution in [3.63, 3.8) is 0 Å². The molecule has 0 aliphatic rings. The van der Waals surface area contributed by atoms with Gasteiger partial charge >= 0.3 is 5.51 Å². The zero-order valence-electron chi connectivity index (χ0n) is 11.8. The van der Waals surface area contributed by atoms with Crippen LogP contribution in [0.3, 0.4) is 0 Å². The molecule has 0 spiro atoms. The van der Waals surface area contributed by atoms with Gasteiger partial charge in [-0.2, -0.15) is 13.2 Å². The van der Waals surface area contributed by atoms with Crippen LogP contribution in [0.25, 0.3) is 0 Å². The summed E-state index contributed by atoms with van der Waals surface area (Å²) in [6.07, 6.45) is 1.62. The first-order valence-corrected chi connectivity index (χ1v) is 7.60. The minimum Gasteiger partial charge on any atom is -0.316 e. The van der Waals surface area contributed by atoms with Crippen molar-refractivity contribution in [2.45, 2.75) is 46.0 Å². The molecule has 0 aliphatic heterocycles. The van der Waals surface area contributed by atoms with E-state index in [9.17, 15) is 13.2 Å². The summed E-state index contributed by atoms with van der Waals surface area (Å²) in [4.78, 5) is 0. The van der Waals surface area contributed by atoms with Gasteiger partial charge in [0.15, 0.2) is 0 Å². The summed E-state index contributed by atoms with van der Waals surface area (Å²) in [5.41, 5.74) is -4.09. The summed E-state index contributed by atoms with van der Waals surface area (Å²) in [7, 11) is 0. The normalized spacial score (nSPS) is 14.5. The molecule has 0 fully saturated rings. The van der Waals surface area contributed by atoms with Crippen LogP contribution >= 0.6 is 11.8 Å². The Kier molecular flexibility index (Phi) is 9.13. The van der Waals surface area contributed by atoms with E-state index in [-0.39, 0.29) is 17.5 Å². The van der Waals surface area contributed by atoms with Crippen molar-refractivity contribution in [2.75, 3.05) is 18.8 Å². The van der Waals surface area contributed by atoms with Crippen molar-refractivity contribution in [2.24, 2.45) is 17.8 Å². The topological polar surface area (TPSA) is 12.0 Å². The van der Waals surface area contributed by atoms with Crippen LogP contribution in [0.4, 0.5) is 13.2 Å². The maximum Gasteiger partial charge on any atom is 0.441 e. The zero-order chi connectivity index (χ0) is 14.2. The zero-order valence-corrected chi connectivity index (χ0v) is 12.6. The quantitative estimate of drug-likeness (QED) is 0.667. The van der Waals surface area contributed by atoms with Gasteiger partial charge in [0.25, 0.3) is 0 Å². The van der Waals surface area contributed by atoms with Crippen molar-refractivity contribution in [1.29, 1.82) is 0 Å². The van der Waals surface area contributed by atoms with E-state index < -0.39 is 5.51 Å². The first-order chi connectivity index (χ1) is 8.20. The predicted octanol–water partition coefficient (Wildman–Crippen LogP) is 4.54. The third-order valence-corrected chi connectivity index (χ3v) is 3.35. The van der Waals surface area contributed by atoms with E-state index >= 15 is 0 Å². The number of nitrogens with one attached hydrogen (secondary N) is 1. The molecule has 0 bridgehead atoms. The Balaban J connectivity index is 3.91. The minimum absolute atomic E-state index is 0.101. The van der Waals surface area contributed by atoms with Gasteiger partial charge in [-0.05, 0) is 43.7 Å². The fourth-order valence-electron chi connectivity index (χ4n) is 1.89. The number of halogens is 3. The van der Waals surface area contributed by atoms with E-state index in [1.165, 1.54) is 0 Å². The average molecular weight is 285 g/mol. The third kappa shape index (κ3) is 12.6. The molecule has 1 N–H and O–H groups in total. The van der Waals surface area contributed by atoms with Gasteiger partial charge in [-0.15, -0.1) is 0 Å². The Morgan fingerprint density at radius 1 is 1.00 bits per heavy atom. The van der Waals surface area contributed by atoms with E-state index in [4.69, 9.17) is 0 Å². The molecule has 5 heteroatoms. The van der Waals surface area contributed by atoms with Crippen LogP contribution in [0.15, 0.2) is 0 Å². The standard InChI is InChI=1S/C13H26F3NS/c1-10(2)7-12(9-17-8-11(3)4)5-6-18-13(14,15)16/h10-12,17H,5-9H2,1-4H3. The Morgan fingerprint density at radius 2 is 1.61 bits per heavy atom. The lowest BCUT2D eigenvalue weighted by atomic mass is 9.94. The molecule has 1 unspecified atom stereocenters. The molecule has 1 atom stereocenters. The smallest absolute Gasteiger partial charge is 0.316 e. The molecule has 0 aliphatic carbocycles. The molecule has 0 saturated heterocycles. The second-order valence-corrected chi connectivity index (χ2v) is 6.79. The summed E-state index contributed by atoms with van der Waals surface area (Å²) >= 11 is 0.101. The molecule has 0 aromatic carbocycles. The van der Waals surface area contributed by atoms with Crippen LogP contribution in [0.5, 0.6) is 0 Å². The van der Waals surface area contributed by atoms with Crippen LogP contribution in [-0.4, -0.2) is 24.4 Å². The average Bonchev–Trinajstić information content (AvgIpc) is 2.13. The first-order valence-electron chi connectivity index (χ1n) is 6.62. The van der Waals surface area contributed by atoms with Crippen molar-refractivity contribution in [3.8, 4) is 0 Å². The van der Waals surface area contributed by atoms with Gasteiger partial charge in [0.2, 0.25) is 0 Å². The molecule has 1 nitrogen and oxygen atoms in total. The third-order valence-electron chi connectivity index (χ3n) is 2.58. The highest BCUT2D eigenvalue weighted by atomic mass is 32.2. The van der Waals surface area contributed by atoms with Gasteiger partial charge in [0.1, 0.15) is 0 Å². The highest BCUT2D eigenvalue weighted by Crippen LogP contribution is 2.31. The molecular formula is C13H26F3NS. The monoisotopic (exact) mass is 285 g/mol. The Morgan fingerprint density at radius 3 is 2.06 bits per heavy atom. The minimum atomic E-state index is -4.09. The second kappa shape index (κ2) is 9.08. The predicted molar refractivity (Wildman–Crippen MR) is 73.8 cm³/mol. The van der Waals surface area contributed by atoms with Gasteiger partial charge in [-0.25, -0.2) is 0 Å². The van der Waals surface area contributed by atoms with Crippen molar-refractivity contribution < 1.29 is 13.2 Å². The van der Waals surface area contributed by atoms with Crippen LogP contribution in [-0.2, 0) is 0 Å². The summed E-state index contributed by atoms with van der Waals surface area (Å²) < 4.78 is 36.2. The fourth-order valence-corrected chi connectivity index (χ4v) is 2.57. The lowest BCUT2D eigenvalue weighted by molar-refractivity contribution is -0.0328. The summed E-state index contributed by atoms with van der Waals surface area (Å²) in [6, 6.07) is 0. The molecule has 0 amide bonds. The van der Waals surface area contributed by atoms with Gasteiger partial charge in [0.05, 0.1) is 0 Å². The van der Waals surface area contributed by atoms with Gasteiger partial charge in [-0.1, -0.05) is 39.5 Å². The number of rotatable bonds is 9. The summed E-state index contributed by atoms with van der Waals surface area (Å²) in [5, 5.41) is 3.35. The number of thioether (sulfide) groups is 1. The molecule has 0 saturated carbocycles. The van der Waals surface area contributed by atoms with E-state index in [0.29, 0.717) is 24.2 Å². The van der Waals surface area contributed by atoms with E-state index in [1.807, 2.05) is 0 Å². The van der Waals surface area contributed by atoms with Crippen molar-refractivity contribution in [3.05, 3.63) is 0 Å². The van der Waals surface area contributed by atoms with Crippen LogP contribution in [0.2, 0.25) is 0 Å². The van der Waals surface area contributed by atoms with Gasteiger partial charge < -0.3 is 5.32 Å². The molecule has 0 aromatic heterocycles. The molecule has 0 radical (unpaired) electrons. The number of alkyl halides is 3. The maximum absolute atomic E-state index is 12.1. The maximum atomic E-state index is 12.1. The summed E-state index contributed by atoms with van der Waals surface area (Å²) in [6.45, 7) is 10.3. The number of hydrogen-bond acceptors (Lipinski definition) is 2. The second-order valence-electron chi connectivity index (χ2n) is 5.63. The molecule has 0 heterocycles. The van der Waals surface area contributed by atoms with E-state index in [2.05, 4.69) is 33.0 Å². The molecule has 0 aromatic rings. The van der Waals surface area contributed by atoms with E-state index in [0.717, 1.165) is 19.5 Å². The Labute approximate surface area is 113 Å². The highest BCUT2D eigenvalue weighted by Gasteiger charge is 2.28. The number of hydrogen-bond donors (Lipinski definition) is 1. The summed E-state index contributed by atoms with van der Waals surface area (Å²) in [5.74, 6) is 1.63. The van der Waals surface area contributed by atoms with E-state index in [1.54, 1.807) is 0 Å². The van der Waals surface area contributed by atoms with Crippen LogP contribution in [0.1, 0.15) is 40.5 Å². The molecule has 0 rings (SSSR count). The van der Waals surface area contributed by atoms with Crippen molar-refractivity contribution >= 4 is 11.8 Å². The lowest BCUT2D eigenvalue weighted by Crippen LogP contribution is -2.27. The largest absolute Gasteiger partial charge is 0.441 e. The molecular weight excluding hydrogens is 259 g/mol. The Bertz CT molecular complexity index is 205.